The summed E-state index contributed by atoms with van der Waals surface area (Å²) in [5.41, 5.74) is 5.84. The molecule has 0 saturated carbocycles. The minimum atomic E-state index is -0.140. The summed E-state index contributed by atoms with van der Waals surface area (Å²) in [5, 5.41) is 1.15. The van der Waals surface area contributed by atoms with Crippen molar-refractivity contribution in [3.05, 3.63) is 120 Å². The van der Waals surface area contributed by atoms with Gasteiger partial charge in [-0.3, -0.25) is 9.59 Å². The van der Waals surface area contributed by atoms with Crippen LogP contribution in [0.2, 0.25) is 0 Å². The molecule has 0 bridgehead atoms. The first-order valence-corrected chi connectivity index (χ1v) is 15.5. The second-order valence-corrected chi connectivity index (χ2v) is 11.1. The number of aromatic amines is 1. The summed E-state index contributed by atoms with van der Waals surface area (Å²) in [6.07, 6.45) is 4.42. The van der Waals surface area contributed by atoms with Crippen molar-refractivity contribution in [2.24, 2.45) is 0 Å². The molecule has 5 rings (SSSR count). The fraction of sp³-hybridized carbons (Fsp3) is 0.263. The van der Waals surface area contributed by atoms with Crippen LogP contribution >= 0.6 is 0 Å². The maximum atomic E-state index is 14.1. The second-order valence-electron chi connectivity index (χ2n) is 11.1. The van der Waals surface area contributed by atoms with Gasteiger partial charge in [-0.15, -0.1) is 0 Å². The standard InChI is InChI=1S/C38H41N3O4/c1-4-5-22-41(38(43)31-18-16-30(17-19-31)29-11-7-6-8-12-29)27-37(42)40(26-28-15-20-35(44-2)36(24-28)45-3)23-21-32-25-39-34-14-10-9-13-33(32)34/h6-20,24-25,39H,4-5,21-23,26-27H2,1-3H3. The van der Waals surface area contributed by atoms with Gasteiger partial charge in [0.1, 0.15) is 6.54 Å². The normalized spacial score (nSPS) is 10.9. The Bertz CT molecular complexity index is 1710. The maximum absolute atomic E-state index is 14.1. The number of H-pyrrole nitrogens is 1. The summed E-state index contributed by atoms with van der Waals surface area (Å²) in [4.78, 5) is 34.7. The largest absolute Gasteiger partial charge is 0.493 e. The van der Waals surface area contributed by atoms with Gasteiger partial charge in [-0.05, 0) is 65.4 Å². The number of para-hydroxylation sites is 1. The van der Waals surface area contributed by atoms with Crippen LogP contribution in [0.25, 0.3) is 22.0 Å². The first kappa shape index (κ1) is 31.4. The van der Waals surface area contributed by atoms with Crippen molar-refractivity contribution >= 4 is 22.7 Å². The number of benzene rings is 4. The number of ether oxygens (including phenoxy) is 2. The lowest BCUT2D eigenvalue weighted by Crippen LogP contribution is -2.43. The van der Waals surface area contributed by atoms with Crippen molar-refractivity contribution in [3.8, 4) is 22.6 Å². The highest BCUT2D eigenvalue weighted by Crippen LogP contribution is 2.28. The average Bonchev–Trinajstić information content (AvgIpc) is 3.51. The Kier molecular flexibility index (Phi) is 10.5. The Morgan fingerprint density at radius 2 is 1.47 bits per heavy atom. The number of methoxy groups -OCH3 is 2. The third kappa shape index (κ3) is 7.73. The topological polar surface area (TPSA) is 74.9 Å². The number of amides is 2. The van der Waals surface area contributed by atoms with Gasteiger partial charge in [0.25, 0.3) is 5.91 Å². The van der Waals surface area contributed by atoms with Gasteiger partial charge in [0.15, 0.2) is 11.5 Å². The molecule has 0 unspecified atom stereocenters. The molecule has 2 amide bonds. The molecule has 1 N–H and O–H groups in total. The lowest BCUT2D eigenvalue weighted by molar-refractivity contribution is -0.132. The number of nitrogens with one attached hydrogen (secondary N) is 1. The van der Waals surface area contributed by atoms with Crippen molar-refractivity contribution in [1.29, 1.82) is 0 Å². The summed E-state index contributed by atoms with van der Waals surface area (Å²) < 4.78 is 10.9. The van der Waals surface area contributed by atoms with Crippen molar-refractivity contribution in [1.82, 2.24) is 14.8 Å². The fourth-order valence-corrected chi connectivity index (χ4v) is 5.57. The first-order chi connectivity index (χ1) is 22.0. The number of unbranched alkanes of at least 4 members (excludes halogenated alkanes) is 1. The van der Waals surface area contributed by atoms with Gasteiger partial charge in [-0.25, -0.2) is 0 Å². The molecule has 0 radical (unpaired) electrons. The van der Waals surface area contributed by atoms with Crippen molar-refractivity contribution in [3.63, 3.8) is 0 Å². The Hall–Kier alpha value is -5.04. The van der Waals surface area contributed by atoms with Crippen molar-refractivity contribution in [2.45, 2.75) is 32.7 Å². The molecule has 1 aromatic heterocycles. The summed E-state index contributed by atoms with van der Waals surface area (Å²) in [6, 6.07) is 31.6. The number of fused-ring (bicyclic) bond motifs is 1. The third-order valence-electron chi connectivity index (χ3n) is 8.13. The molecule has 0 fully saturated rings. The first-order valence-electron chi connectivity index (χ1n) is 15.5. The molecular weight excluding hydrogens is 562 g/mol. The number of aromatic nitrogens is 1. The fourth-order valence-electron chi connectivity index (χ4n) is 5.57. The molecule has 0 spiro atoms. The molecule has 45 heavy (non-hydrogen) atoms. The Labute approximate surface area is 265 Å². The molecule has 7 nitrogen and oxygen atoms in total. The van der Waals surface area contributed by atoms with Gasteiger partial charge in [-0.2, -0.15) is 0 Å². The minimum absolute atomic E-state index is 0.000441. The van der Waals surface area contributed by atoms with Crippen LogP contribution in [0.15, 0.2) is 103 Å². The summed E-state index contributed by atoms with van der Waals surface area (Å²) in [6.45, 7) is 3.47. The van der Waals surface area contributed by atoms with E-state index in [9.17, 15) is 9.59 Å². The van der Waals surface area contributed by atoms with E-state index in [1.54, 1.807) is 19.1 Å². The molecule has 0 atom stereocenters. The Morgan fingerprint density at radius 1 is 0.756 bits per heavy atom. The highest BCUT2D eigenvalue weighted by molar-refractivity contribution is 5.97. The number of rotatable bonds is 14. The monoisotopic (exact) mass is 603 g/mol. The summed E-state index contributed by atoms with van der Waals surface area (Å²) >= 11 is 0. The van der Waals surface area contributed by atoms with E-state index >= 15 is 0 Å². The molecule has 4 aromatic carbocycles. The van der Waals surface area contributed by atoms with Crippen LogP contribution in [-0.2, 0) is 17.8 Å². The Morgan fingerprint density at radius 3 is 2.20 bits per heavy atom. The molecule has 0 aliphatic carbocycles. The maximum Gasteiger partial charge on any atom is 0.254 e. The van der Waals surface area contributed by atoms with E-state index in [1.165, 1.54) is 0 Å². The van der Waals surface area contributed by atoms with Crippen molar-refractivity contribution in [2.75, 3.05) is 33.9 Å². The van der Waals surface area contributed by atoms with E-state index < -0.39 is 0 Å². The highest BCUT2D eigenvalue weighted by Gasteiger charge is 2.23. The zero-order valence-electron chi connectivity index (χ0n) is 26.3. The van der Waals surface area contributed by atoms with E-state index in [0.717, 1.165) is 46.0 Å². The number of carbonyl (C=O) groups excluding carboxylic acids is 2. The third-order valence-corrected chi connectivity index (χ3v) is 8.13. The van der Waals surface area contributed by atoms with E-state index in [-0.39, 0.29) is 18.4 Å². The van der Waals surface area contributed by atoms with Crippen LogP contribution in [0.5, 0.6) is 11.5 Å². The van der Waals surface area contributed by atoms with E-state index in [0.29, 0.717) is 43.1 Å². The number of hydrogen-bond acceptors (Lipinski definition) is 4. The van der Waals surface area contributed by atoms with Crippen LogP contribution in [-0.4, -0.2) is 60.5 Å². The Balaban J connectivity index is 1.37. The molecule has 7 heteroatoms. The molecule has 0 aliphatic heterocycles. The summed E-state index contributed by atoms with van der Waals surface area (Å²) in [7, 11) is 3.21. The molecule has 0 saturated heterocycles. The zero-order chi connectivity index (χ0) is 31.6. The molecule has 1 heterocycles. The van der Waals surface area contributed by atoms with Gasteiger partial charge in [0.05, 0.1) is 14.2 Å². The van der Waals surface area contributed by atoms with Crippen LogP contribution in [0, 0.1) is 0 Å². The average molecular weight is 604 g/mol. The molecule has 232 valence electrons. The number of hydrogen-bond donors (Lipinski definition) is 1. The second kappa shape index (κ2) is 15.1. The number of nitrogens with zero attached hydrogens (tertiary/aromatic N) is 2. The van der Waals surface area contributed by atoms with Crippen LogP contribution in [0.1, 0.15) is 41.3 Å². The predicted molar refractivity (Wildman–Crippen MR) is 180 cm³/mol. The molecule has 5 aromatic rings. The SMILES string of the molecule is CCCCN(CC(=O)N(CCc1c[nH]c2ccccc12)Cc1ccc(OC)c(OC)c1)C(=O)c1ccc(-c2ccccc2)cc1. The minimum Gasteiger partial charge on any atom is -0.493 e. The van der Waals surface area contributed by atoms with Gasteiger partial charge >= 0.3 is 0 Å². The quantitative estimate of drug-likeness (QED) is 0.144. The summed E-state index contributed by atoms with van der Waals surface area (Å²) in [5.74, 6) is 0.999. The van der Waals surface area contributed by atoms with Crippen LogP contribution in [0.4, 0.5) is 0 Å². The molecular formula is C38H41N3O4. The van der Waals surface area contributed by atoms with E-state index in [2.05, 4.69) is 24.0 Å². The predicted octanol–water partition coefficient (Wildman–Crippen LogP) is 7.37. The van der Waals surface area contributed by atoms with Gasteiger partial charge < -0.3 is 24.3 Å². The van der Waals surface area contributed by atoms with Crippen LogP contribution in [0.3, 0.4) is 0 Å². The van der Waals surface area contributed by atoms with Gasteiger partial charge in [-0.1, -0.05) is 80.1 Å². The van der Waals surface area contributed by atoms with E-state index in [4.69, 9.17) is 9.47 Å². The number of carbonyl (C=O) groups is 2. The lowest BCUT2D eigenvalue weighted by atomic mass is 10.0. The smallest absolute Gasteiger partial charge is 0.254 e. The van der Waals surface area contributed by atoms with Crippen molar-refractivity contribution < 1.29 is 19.1 Å². The lowest BCUT2D eigenvalue weighted by Gasteiger charge is -2.28. The van der Waals surface area contributed by atoms with Crippen LogP contribution < -0.4 is 9.47 Å². The highest BCUT2D eigenvalue weighted by atomic mass is 16.5. The molecule has 0 aliphatic rings. The zero-order valence-corrected chi connectivity index (χ0v) is 26.3. The van der Waals surface area contributed by atoms with Gasteiger partial charge in [0.2, 0.25) is 5.91 Å². The van der Waals surface area contributed by atoms with Gasteiger partial charge in [0, 0.05) is 42.3 Å². The van der Waals surface area contributed by atoms with E-state index in [1.807, 2.05) is 96.0 Å².